The molecule has 0 bridgehead atoms. The van der Waals surface area contributed by atoms with Crippen molar-refractivity contribution >= 4 is 5.91 Å². The lowest BCUT2D eigenvalue weighted by Gasteiger charge is -2.28. The monoisotopic (exact) mass is 334 g/mol. The molecule has 0 saturated heterocycles. The average molecular weight is 334 g/mol. The molecular weight excluding hydrogens is 304 g/mol. The summed E-state index contributed by atoms with van der Waals surface area (Å²) < 4.78 is 5.47. The van der Waals surface area contributed by atoms with Gasteiger partial charge in [-0.25, -0.2) is 0 Å². The summed E-state index contributed by atoms with van der Waals surface area (Å²) in [6, 6.07) is 0.665. The highest BCUT2D eigenvalue weighted by molar-refractivity contribution is 5.79. The Morgan fingerprint density at radius 3 is 2.58 bits per heavy atom. The summed E-state index contributed by atoms with van der Waals surface area (Å²) in [5.74, 6) is 2.43. The van der Waals surface area contributed by atoms with E-state index in [-0.39, 0.29) is 11.8 Å². The van der Waals surface area contributed by atoms with Crippen LogP contribution in [-0.2, 0) is 11.2 Å². The highest BCUT2D eigenvalue weighted by Crippen LogP contribution is 2.32. The van der Waals surface area contributed by atoms with Crippen LogP contribution in [0.25, 0.3) is 0 Å². The van der Waals surface area contributed by atoms with Crippen LogP contribution in [-0.4, -0.2) is 35.2 Å². The van der Waals surface area contributed by atoms with Gasteiger partial charge in [-0.15, -0.1) is 0 Å². The Morgan fingerprint density at radius 2 is 1.92 bits per heavy atom. The largest absolute Gasteiger partial charge is 0.353 e. The molecule has 0 spiro atoms. The zero-order chi connectivity index (χ0) is 16.9. The van der Waals surface area contributed by atoms with E-state index < -0.39 is 0 Å². The SMILES string of the molecule is CNC(C)Cc1noc(C2CCC(NC(=O)C3CCCC3)CC2)n1. The molecule has 0 radical (unpaired) electrons. The minimum Gasteiger partial charge on any atom is -0.353 e. The van der Waals surface area contributed by atoms with E-state index in [1.165, 1.54) is 12.8 Å². The second-order valence-electron chi connectivity index (χ2n) is 7.48. The quantitative estimate of drug-likeness (QED) is 0.836. The number of nitrogens with zero attached hydrogens (tertiary/aromatic N) is 2. The van der Waals surface area contributed by atoms with Gasteiger partial charge in [0.05, 0.1) is 0 Å². The van der Waals surface area contributed by atoms with Crippen molar-refractivity contribution in [3.05, 3.63) is 11.7 Å². The van der Waals surface area contributed by atoms with Gasteiger partial charge in [-0.2, -0.15) is 4.98 Å². The Hall–Kier alpha value is -1.43. The predicted molar refractivity (Wildman–Crippen MR) is 91.6 cm³/mol. The van der Waals surface area contributed by atoms with Crippen LogP contribution in [0, 0.1) is 5.92 Å². The molecule has 2 saturated carbocycles. The minimum absolute atomic E-state index is 0.260. The Balaban J connectivity index is 1.45. The van der Waals surface area contributed by atoms with E-state index in [1.807, 2.05) is 7.05 Å². The lowest BCUT2D eigenvalue weighted by atomic mass is 9.85. The van der Waals surface area contributed by atoms with Crippen LogP contribution in [0.4, 0.5) is 0 Å². The van der Waals surface area contributed by atoms with Crippen LogP contribution < -0.4 is 10.6 Å². The summed E-state index contributed by atoms with van der Waals surface area (Å²) in [6.07, 6.45) is 9.37. The fraction of sp³-hybridized carbons (Fsp3) is 0.833. The molecule has 2 fully saturated rings. The minimum atomic E-state index is 0.260. The van der Waals surface area contributed by atoms with Gasteiger partial charge < -0.3 is 15.2 Å². The van der Waals surface area contributed by atoms with Crippen molar-refractivity contribution < 1.29 is 9.32 Å². The van der Waals surface area contributed by atoms with E-state index in [1.54, 1.807) is 0 Å². The molecule has 2 aliphatic rings. The smallest absolute Gasteiger partial charge is 0.229 e. The first-order valence-electron chi connectivity index (χ1n) is 9.45. The molecule has 134 valence electrons. The highest BCUT2D eigenvalue weighted by Gasteiger charge is 2.29. The summed E-state index contributed by atoms with van der Waals surface area (Å²) >= 11 is 0. The number of rotatable bonds is 6. The van der Waals surface area contributed by atoms with Gasteiger partial charge in [0.2, 0.25) is 11.8 Å². The third kappa shape index (κ3) is 4.35. The number of carbonyl (C=O) groups is 1. The van der Waals surface area contributed by atoms with Gasteiger partial charge in [0.1, 0.15) is 0 Å². The van der Waals surface area contributed by atoms with Crippen LogP contribution >= 0.6 is 0 Å². The fourth-order valence-corrected chi connectivity index (χ4v) is 3.88. The number of hydrogen-bond donors (Lipinski definition) is 2. The van der Waals surface area contributed by atoms with Crippen LogP contribution in [0.3, 0.4) is 0 Å². The van der Waals surface area contributed by atoms with E-state index >= 15 is 0 Å². The number of amides is 1. The second kappa shape index (κ2) is 8.10. The molecule has 2 aliphatic carbocycles. The molecule has 1 unspecified atom stereocenters. The number of aromatic nitrogens is 2. The first kappa shape index (κ1) is 17.4. The van der Waals surface area contributed by atoms with Crippen LogP contribution in [0.5, 0.6) is 0 Å². The molecule has 1 aromatic heterocycles. The standard InChI is InChI=1S/C18H30N4O2/c1-12(19-2)11-16-21-18(24-22-16)14-7-9-15(10-8-14)20-17(23)13-5-3-4-6-13/h12-15,19H,3-11H2,1-2H3,(H,20,23). The Kier molecular flexibility index (Phi) is 5.87. The topological polar surface area (TPSA) is 80.0 Å². The molecule has 1 heterocycles. The maximum absolute atomic E-state index is 12.2. The van der Waals surface area contributed by atoms with Crippen LogP contribution in [0.1, 0.15) is 75.9 Å². The molecular formula is C18H30N4O2. The van der Waals surface area contributed by atoms with E-state index in [9.17, 15) is 4.79 Å². The summed E-state index contributed by atoms with van der Waals surface area (Å²) in [5.41, 5.74) is 0. The van der Waals surface area contributed by atoms with E-state index in [0.717, 1.165) is 56.7 Å². The van der Waals surface area contributed by atoms with Gasteiger partial charge in [0.15, 0.2) is 5.82 Å². The third-order valence-corrected chi connectivity index (χ3v) is 5.61. The number of nitrogens with one attached hydrogen (secondary N) is 2. The van der Waals surface area contributed by atoms with Gasteiger partial charge in [0, 0.05) is 30.3 Å². The lowest BCUT2D eigenvalue weighted by molar-refractivity contribution is -0.125. The molecule has 6 nitrogen and oxygen atoms in total. The Morgan fingerprint density at radius 1 is 1.21 bits per heavy atom. The first-order chi connectivity index (χ1) is 11.7. The lowest BCUT2D eigenvalue weighted by Crippen LogP contribution is -2.40. The van der Waals surface area contributed by atoms with Crippen molar-refractivity contribution in [3.63, 3.8) is 0 Å². The molecule has 1 amide bonds. The number of hydrogen-bond acceptors (Lipinski definition) is 5. The molecule has 24 heavy (non-hydrogen) atoms. The van der Waals surface area contributed by atoms with Crippen molar-refractivity contribution in [1.29, 1.82) is 0 Å². The highest BCUT2D eigenvalue weighted by atomic mass is 16.5. The van der Waals surface area contributed by atoms with Gasteiger partial charge >= 0.3 is 0 Å². The van der Waals surface area contributed by atoms with Crippen molar-refractivity contribution in [2.24, 2.45) is 5.92 Å². The van der Waals surface area contributed by atoms with Crippen molar-refractivity contribution in [1.82, 2.24) is 20.8 Å². The van der Waals surface area contributed by atoms with Crippen LogP contribution in [0.15, 0.2) is 4.52 Å². The first-order valence-corrected chi connectivity index (χ1v) is 9.45. The van der Waals surface area contributed by atoms with Gasteiger partial charge in [0.25, 0.3) is 0 Å². The molecule has 6 heteroatoms. The van der Waals surface area contributed by atoms with Crippen molar-refractivity contribution in [2.45, 2.75) is 82.7 Å². The summed E-state index contributed by atoms with van der Waals surface area (Å²) in [7, 11) is 1.94. The molecule has 1 atom stereocenters. The summed E-state index contributed by atoms with van der Waals surface area (Å²) in [4.78, 5) is 16.8. The zero-order valence-corrected chi connectivity index (χ0v) is 14.9. The summed E-state index contributed by atoms with van der Waals surface area (Å²) in [6.45, 7) is 2.11. The molecule has 0 aliphatic heterocycles. The van der Waals surface area contributed by atoms with Gasteiger partial charge in [-0.05, 0) is 52.5 Å². The fourth-order valence-electron chi connectivity index (χ4n) is 3.88. The normalized spacial score (nSPS) is 26.4. The van der Waals surface area contributed by atoms with E-state index in [4.69, 9.17) is 4.52 Å². The second-order valence-corrected chi connectivity index (χ2v) is 7.48. The molecule has 2 N–H and O–H groups in total. The Labute approximate surface area is 144 Å². The predicted octanol–water partition coefficient (Wildman–Crippen LogP) is 2.55. The summed E-state index contributed by atoms with van der Waals surface area (Å²) in [5, 5.41) is 10.5. The number of carbonyl (C=O) groups excluding carboxylic acids is 1. The zero-order valence-electron chi connectivity index (χ0n) is 14.9. The van der Waals surface area contributed by atoms with E-state index in [0.29, 0.717) is 18.0 Å². The third-order valence-electron chi connectivity index (χ3n) is 5.61. The van der Waals surface area contributed by atoms with Crippen molar-refractivity contribution in [2.75, 3.05) is 7.05 Å². The maximum atomic E-state index is 12.2. The molecule has 0 aromatic carbocycles. The van der Waals surface area contributed by atoms with Crippen LogP contribution in [0.2, 0.25) is 0 Å². The molecule has 3 rings (SSSR count). The Bertz CT molecular complexity index is 531. The number of likely N-dealkylation sites (N-methyl/N-ethyl adjacent to an activating group) is 1. The molecule has 1 aromatic rings. The average Bonchev–Trinajstić information content (AvgIpc) is 3.27. The van der Waals surface area contributed by atoms with Crippen molar-refractivity contribution in [3.8, 4) is 0 Å². The maximum Gasteiger partial charge on any atom is 0.229 e. The van der Waals surface area contributed by atoms with E-state index in [2.05, 4.69) is 27.7 Å². The van der Waals surface area contributed by atoms with Gasteiger partial charge in [-0.3, -0.25) is 4.79 Å². The van der Waals surface area contributed by atoms with Gasteiger partial charge in [-0.1, -0.05) is 18.0 Å².